The molecule has 0 radical (unpaired) electrons. The quantitative estimate of drug-likeness (QED) is 0.917. The number of pyridine rings is 1. The largest absolute Gasteiger partial charge is 0.381 e. The predicted molar refractivity (Wildman–Crippen MR) is 81.6 cm³/mol. The lowest BCUT2D eigenvalue weighted by Gasteiger charge is -2.31. The standard InChI is InChI=1S/C16H25N3O/c1-12(2)15-4-3-14(13-5-10-20-11-13)16(18-15)19-8-6-17-7-9-19/h3-4,12-13,17H,5-11H2,1-2H3/t13-/m1/s1. The smallest absolute Gasteiger partial charge is 0.132 e. The van der Waals surface area contributed by atoms with Gasteiger partial charge in [-0.2, -0.15) is 0 Å². The van der Waals surface area contributed by atoms with Crippen LogP contribution in [0.25, 0.3) is 0 Å². The lowest BCUT2D eigenvalue weighted by Crippen LogP contribution is -2.44. The maximum atomic E-state index is 5.57. The summed E-state index contributed by atoms with van der Waals surface area (Å²) in [5, 5.41) is 3.42. The molecular formula is C16H25N3O. The third-order valence-electron chi connectivity index (χ3n) is 4.30. The van der Waals surface area contributed by atoms with E-state index >= 15 is 0 Å². The van der Waals surface area contributed by atoms with E-state index in [1.807, 2.05) is 0 Å². The highest BCUT2D eigenvalue weighted by atomic mass is 16.5. The molecule has 2 aliphatic heterocycles. The molecule has 1 atom stereocenters. The Morgan fingerprint density at radius 2 is 2.10 bits per heavy atom. The van der Waals surface area contributed by atoms with Crippen LogP contribution in [-0.2, 0) is 4.74 Å². The molecule has 20 heavy (non-hydrogen) atoms. The summed E-state index contributed by atoms with van der Waals surface area (Å²) < 4.78 is 5.57. The van der Waals surface area contributed by atoms with E-state index in [2.05, 4.69) is 36.2 Å². The monoisotopic (exact) mass is 275 g/mol. The van der Waals surface area contributed by atoms with Crippen molar-refractivity contribution in [3.05, 3.63) is 23.4 Å². The minimum Gasteiger partial charge on any atom is -0.381 e. The number of aromatic nitrogens is 1. The second-order valence-corrected chi connectivity index (χ2v) is 6.10. The van der Waals surface area contributed by atoms with E-state index in [-0.39, 0.29) is 0 Å². The van der Waals surface area contributed by atoms with E-state index in [4.69, 9.17) is 9.72 Å². The van der Waals surface area contributed by atoms with Gasteiger partial charge in [0.2, 0.25) is 0 Å². The molecule has 1 aromatic rings. The van der Waals surface area contributed by atoms with Crippen molar-refractivity contribution < 1.29 is 4.74 Å². The molecule has 1 aromatic heterocycles. The maximum absolute atomic E-state index is 5.57. The van der Waals surface area contributed by atoms with Crippen molar-refractivity contribution in [3.63, 3.8) is 0 Å². The zero-order valence-electron chi connectivity index (χ0n) is 12.6. The van der Waals surface area contributed by atoms with Gasteiger partial charge in [0.05, 0.1) is 6.61 Å². The maximum Gasteiger partial charge on any atom is 0.132 e. The van der Waals surface area contributed by atoms with E-state index in [0.717, 1.165) is 45.8 Å². The molecule has 0 aliphatic carbocycles. The van der Waals surface area contributed by atoms with Gasteiger partial charge >= 0.3 is 0 Å². The molecule has 4 nitrogen and oxygen atoms in total. The molecule has 0 spiro atoms. The summed E-state index contributed by atoms with van der Waals surface area (Å²) in [6.45, 7) is 10.4. The van der Waals surface area contributed by atoms with Crippen molar-refractivity contribution in [2.45, 2.75) is 32.1 Å². The SMILES string of the molecule is CC(C)c1ccc([C@@H]2CCOC2)c(N2CCNCC2)n1. The van der Waals surface area contributed by atoms with Crippen molar-refractivity contribution in [3.8, 4) is 0 Å². The van der Waals surface area contributed by atoms with E-state index in [1.165, 1.54) is 17.1 Å². The third-order valence-corrected chi connectivity index (χ3v) is 4.30. The highest BCUT2D eigenvalue weighted by Crippen LogP contribution is 2.33. The van der Waals surface area contributed by atoms with Crippen LogP contribution in [0.15, 0.2) is 12.1 Å². The van der Waals surface area contributed by atoms with Gasteiger partial charge in [-0.1, -0.05) is 19.9 Å². The zero-order valence-corrected chi connectivity index (χ0v) is 12.6. The number of nitrogens with one attached hydrogen (secondary N) is 1. The molecule has 0 amide bonds. The number of nitrogens with zero attached hydrogens (tertiary/aromatic N) is 2. The molecule has 4 heteroatoms. The molecule has 110 valence electrons. The van der Waals surface area contributed by atoms with Crippen LogP contribution in [0.5, 0.6) is 0 Å². The minimum atomic E-state index is 0.477. The Kier molecular flexibility index (Phi) is 4.22. The van der Waals surface area contributed by atoms with E-state index < -0.39 is 0 Å². The fourth-order valence-electron chi connectivity index (χ4n) is 3.02. The fourth-order valence-corrected chi connectivity index (χ4v) is 3.02. The summed E-state index contributed by atoms with van der Waals surface area (Å²) in [5.41, 5.74) is 2.58. The van der Waals surface area contributed by atoms with Crippen LogP contribution in [0.2, 0.25) is 0 Å². The molecule has 0 bridgehead atoms. The molecule has 3 heterocycles. The number of hydrogen-bond acceptors (Lipinski definition) is 4. The molecular weight excluding hydrogens is 250 g/mol. The van der Waals surface area contributed by atoms with Crippen LogP contribution < -0.4 is 10.2 Å². The first kappa shape index (κ1) is 13.8. The fraction of sp³-hybridized carbons (Fsp3) is 0.688. The summed E-state index contributed by atoms with van der Waals surface area (Å²) in [6, 6.07) is 4.49. The Balaban J connectivity index is 1.94. The van der Waals surface area contributed by atoms with Crippen LogP contribution in [0.3, 0.4) is 0 Å². The van der Waals surface area contributed by atoms with Crippen molar-refractivity contribution in [2.24, 2.45) is 0 Å². The van der Waals surface area contributed by atoms with Gasteiger partial charge in [-0.15, -0.1) is 0 Å². The van der Waals surface area contributed by atoms with Gasteiger partial charge < -0.3 is 15.0 Å². The Bertz CT molecular complexity index is 449. The number of hydrogen-bond donors (Lipinski definition) is 1. The topological polar surface area (TPSA) is 37.4 Å². The second kappa shape index (κ2) is 6.10. The van der Waals surface area contributed by atoms with Crippen LogP contribution in [0.4, 0.5) is 5.82 Å². The highest BCUT2D eigenvalue weighted by Gasteiger charge is 2.25. The first-order valence-corrected chi connectivity index (χ1v) is 7.80. The minimum absolute atomic E-state index is 0.477. The van der Waals surface area contributed by atoms with Gasteiger partial charge in [-0.25, -0.2) is 4.98 Å². The molecule has 0 saturated carbocycles. The molecule has 2 fully saturated rings. The van der Waals surface area contributed by atoms with E-state index in [0.29, 0.717) is 11.8 Å². The van der Waals surface area contributed by atoms with Crippen LogP contribution in [0, 0.1) is 0 Å². The Hall–Kier alpha value is -1.13. The van der Waals surface area contributed by atoms with Crippen molar-refractivity contribution in [1.29, 1.82) is 0 Å². The van der Waals surface area contributed by atoms with Gasteiger partial charge in [-0.3, -0.25) is 0 Å². The molecule has 2 aliphatic rings. The van der Waals surface area contributed by atoms with Crippen LogP contribution in [0.1, 0.15) is 43.4 Å². The Labute approximate surface area is 121 Å². The van der Waals surface area contributed by atoms with Crippen molar-refractivity contribution >= 4 is 5.82 Å². The lowest BCUT2D eigenvalue weighted by atomic mass is 9.97. The normalized spacial score (nSPS) is 23.6. The number of piperazine rings is 1. The average Bonchev–Trinajstić information content (AvgIpc) is 3.01. The van der Waals surface area contributed by atoms with Crippen LogP contribution >= 0.6 is 0 Å². The Morgan fingerprint density at radius 3 is 2.75 bits per heavy atom. The second-order valence-electron chi connectivity index (χ2n) is 6.10. The predicted octanol–water partition coefficient (Wildman–Crippen LogP) is 2.12. The molecule has 0 unspecified atom stereocenters. The summed E-state index contributed by atoms with van der Waals surface area (Å²) in [5.74, 6) is 2.20. The summed E-state index contributed by atoms with van der Waals surface area (Å²) in [6.07, 6.45) is 1.13. The number of anilines is 1. The first-order valence-electron chi connectivity index (χ1n) is 7.80. The highest BCUT2D eigenvalue weighted by molar-refractivity contribution is 5.51. The first-order chi connectivity index (χ1) is 9.75. The van der Waals surface area contributed by atoms with Gasteiger partial charge in [-0.05, 0) is 18.4 Å². The molecule has 3 rings (SSSR count). The van der Waals surface area contributed by atoms with Crippen LogP contribution in [-0.4, -0.2) is 44.4 Å². The van der Waals surface area contributed by atoms with Crippen molar-refractivity contribution in [2.75, 3.05) is 44.3 Å². The van der Waals surface area contributed by atoms with Gasteiger partial charge in [0.15, 0.2) is 0 Å². The zero-order chi connectivity index (χ0) is 13.9. The Morgan fingerprint density at radius 1 is 1.30 bits per heavy atom. The average molecular weight is 275 g/mol. The molecule has 0 aromatic carbocycles. The van der Waals surface area contributed by atoms with Gasteiger partial charge in [0.1, 0.15) is 5.82 Å². The summed E-state index contributed by atoms with van der Waals surface area (Å²) in [4.78, 5) is 7.42. The third kappa shape index (κ3) is 2.81. The van der Waals surface area contributed by atoms with Gasteiger partial charge in [0, 0.05) is 50.0 Å². The lowest BCUT2D eigenvalue weighted by molar-refractivity contribution is 0.194. The number of rotatable bonds is 3. The van der Waals surface area contributed by atoms with E-state index in [1.54, 1.807) is 0 Å². The van der Waals surface area contributed by atoms with Crippen molar-refractivity contribution in [1.82, 2.24) is 10.3 Å². The summed E-state index contributed by atoms with van der Waals surface area (Å²) in [7, 11) is 0. The number of ether oxygens (including phenoxy) is 1. The van der Waals surface area contributed by atoms with E-state index in [9.17, 15) is 0 Å². The molecule has 1 N–H and O–H groups in total. The molecule has 2 saturated heterocycles. The summed E-state index contributed by atoms with van der Waals surface area (Å²) >= 11 is 0. The van der Waals surface area contributed by atoms with Gasteiger partial charge in [0.25, 0.3) is 0 Å².